The first kappa shape index (κ1) is 32.5. The van der Waals surface area contributed by atoms with Crippen molar-refractivity contribution in [2.24, 2.45) is 0 Å². The molecule has 0 bridgehead atoms. The van der Waals surface area contributed by atoms with E-state index in [1.54, 1.807) is 31.5 Å². The van der Waals surface area contributed by atoms with E-state index >= 15 is 4.39 Å². The Labute approximate surface area is 261 Å². The summed E-state index contributed by atoms with van der Waals surface area (Å²) in [7, 11) is 7.64. The van der Waals surface area contributed by atoms with Gasteiger partial charge < -0.3 is 14.5 Å². The van der Waals surface area contributed by atoms with Gasteiger partial charge >= 0.3 is 0 Å². The van der Waals surface area contributed by atoms with Crippen molar-refractivity contribution in [3.63, 3.8) is 0 Å². The zero-order valence-corrected chi connectivity index (χ0v) is 26.8. The molecule has 0 aliphatic rings. The smallest absolute Gasteiger partial charge is 0.251 e. The number of nitrogens with one attached hydrogen (secondary N) is 1. The predicted molar refractivity (Wildman–Crippen MR) is 168 cm³/mol. The van der Waals surface area contributed by atoms with Gasteiger partial charge in [0.2, 0.25) is 0 Å². The number of hydrogen-bond acceptors (Lipinski definition) is 3. The summed E-state index contributed by atoms with van der Waals surface area (Å²) in [5, 5.41) is 3.50. The zero-order valence-electron chi connectivity index (χ0n) is 25.3. The molecule has 4 aromatic rings. The molecule has 10 heteroatoms. The fraction of sp³-hybridized carbons (Fsp3) is 0.333. The Kier molecular flexibility index (Phi) is 9.84. The fourth-order valence-electron chi connectivity index (χ4n) is 4.90. The van der Waals surface area contributed by atoms with Gasteiger partial charge in [-0.1, -0.05) is 43.1 Å². The number of nitrogens with zero attached hydrogens (tertiary/aromatic N) is 3. The second kappa shape index (κ2) is 13.0. The number of ether oxygens (including phenoxy) is 1. The quantitative estimate of drug-likeness (QED) is 0.182. The number of quaternary nitrogens is 1. The molecule has 1 amide bonds. The van der Waals surface area contributed by atoms with Crippen LogP contribution in [0.25, 0.3) is 5.69 Å². The predicted octanol–water partition coefficient (Wildman–Crippen LogP) is 7.01. The number of carbonyl (C=O) groups is 1. The van der Waals surface area contributed by atoms with Crippen molar-refractivity contribution >= 4 is 29.1 Å². The van der Waals surface area contributed by atoms with Crippen molar-refractivity contribution in [2.45, 2.75) is 32.1 Å². The van der Waals surface area contributed by atoms with Crippen LogP contribution in [0.4, 0.5) is 8.78 Å². The van der Waals surface area contributed by atoms with E-state index in [9.17, 15) is 9.18 Å². The van der Waals surface area contributed by atoms with Gasteiger partial charge in [0.1, 0.15) is 23.2 Å². The maximum Gasteiger partial charge on any atom is 0.251 e. The standard InChI is InChI=1S/C33H36Cl2F2N4O2/c1-33(2,22-7-13-26(34)29(19-22)43-6)30-20-39-31(40(30)24-10-8-23(36)9-11-24)14-12-25-27(35)17-21(18-28(25)37)32(42)38-15-16-41(3,4)5/h7-11,13,17-20H,12,14-16H2,1-6H3/p+1. The second-order valence-corrected chi connectivity index (χ2v) is 12.8. The van der Waals surface area contributed by atoms with Crippen molar-refractivity contribution in [1.29, 1.82) is 0 Å². The van der Waals surface area contributed by atoms with E-state index in [2.05, 4.69) is 19.2 Å². The third-order valence-corrected chi connectivity index (χ3v) is 8.15. The number of benzene rings is 3. The largest absolute Gasteiger partial charge is 0.495 e. The van der Waals surface area contributed by atoms with Gasteiger partial charge in [0, 0.05) is 39.9 Å². The highest BCUT2D eigenvalue weighted by Crippen LogP contribution is 2.38. The van der Waals surface area contributed by atoms with Crippen molar-refractivity contribution in [1.82, 2.24) is 14.9 Å². The number of amides is 1. The SMILES string of the molecule is COc1cc(C(C)(C)c2cnc(CCc3c(F)cc(C(=O)NCC[N+](C)(C)C)cc3Cl)n2-c2ccc(F)cc2)ccc1Cl. The van der Waals surface area contributed by atoms with E-state index in [1.807, 2.05) is 37.8 Å². The van der Waals surface area contributed by atoms with Gasteiger partial charge in [-0.25, -0.2) is 13.8 Å². The van der Waals surface area contributed by atoms with Gasteiger partial charge in [-0.3, -0.25) is 9.36 Å². The summed E-state index contributed by atoms with van der Waals surface area (Å²) in [4.78, 5) is 17.3. The van der Waals surface area contributed by atoms with Crippen molar-refractivity contribution in [3.8, 4) is 11.4 Å². The van der Waals surface area contributed by atoms with Gasteiger partial charge in [-0.15, -0.1) is 0 Å². The molecule has 1 heterocycles. The van der Waals surface area contributed by atoms with Crippen LogP contribution in [-0.4, -0.2) is 61.3 Å². The number of carbonyl (C=O) groups excluding carboxylic acids is 1. The first-order valence-corrected chi connectivity index (χ1v) is 14.7. The molecule has 0 radical (unpaired) electrons. The Morgan fingerprint density at radius 3 is 2.33 bits per heavy atom. The van der Waals surface area contributed by atoms with E-state index in [0.717, 1.165) is 17.8 Å². The summed E-state index contributed by atoms with van der Waals surface area (Å²) in [5.41, 5.74) is 2.38. The van der Waals surface area contributed by atoms with Gasteiger partial charge in [0.25, 0.3) is 5.91 Å². The molecule has 0 saturated heterocycles. The molecular weight excluding hydrogens is 593 g/mol. The van der Waals surface area contributed by atoms with Crippen LogP contribution < -0.4 is 10.1 Å². The Morgan fingerprint density at radius 1 is 1.00 bits per heavy atom. The number of likely N-dealkylation sites (N-methyl/N-ethyl adjacent to an activating group) is 1. The molecule has 0 saturated carbocycles. The molecule has 6 nitrogen and oxygen atoms in total. The highest BCUT2D eigenvalue weighted by atomic mass is 35.5. The molecule has 228 valence electrons. The maximum atomic E-state index is 15.3. The van der Waals surface area contributed by atoms with Crippen molar-refractivity contribution < 1.29 is 22.8 Å². The van der Waals surface area contributed by atoms with Crippen molar-refractivity contribution in [2.75, 3.05) is 41.3 Å². The summed E-state index contributed by atoms with van der Waals surface area (Å²) >= 11 is 12.8. The van der Waals surface area contributed by atoms with Gasteiger partial charge in [0.15, 0.2) is 0 Å². The topological polar surface area (TPSA) is 56.1 Å². The molecule has 0 aliphatic heterocycles. The molecule has 4 rings (SSSR count). The summed E-state index contributed by atoms with van der Waals surface area (Å²) in [5.74, 6) is -0.0930. The normalized spacial score (nSPS) is 12.0. The minimum Gasteiger partial charge on any atom is -0.495 e. The van der Waals surface area contributed by atoms with E-state index in [-0.39, 0.29) is 28.7 Å². The molecular formula is C33H37Cl2F2N4O2+. The van der Waals surface area contributed by atoms with Crippen LogP contribution in [0.1, 0.15) is 46.9 Å². The minimum atomic E-state index is -0.568. The third kappa shape index (κ3) is 7.55. The summed E-state index contributed by atoms with van der Waals surface area (Å²) < 4.78 is 37.3. The van der Waals surface area contributed by atoms with Gasteiger partial charge in [0.05, 0.1) is 52.1 Å². The lowest BCUT2D eigenvalue weighted by atomic mass is 9.81. The number of rotatable bonds is 11. The second-order valence-electron chi connectivity index (χ2n) is 12.0. The van der Waals surface area contributed by atoms with Gasteiger partial charge in [-0.05, 0) is 60.5 Å². The molecule has 1 N–H and O–H groups in total. The number of imidazole rings is 1. The van der Waals surface area contributed by atoms with Crippen LogP contribution in [-0.2, 0) is 18.3 Å². The lowest BCUT2D eigenvalue weighted by molar-refractivity contribution is -0.869. The zero-order chi connectivity index (χ0) is 31.5. The highest BCUT2D eigenvalue weighted by molar-refractivity contribution is 6.32. The lowest BCUT2D eigenvalue weighted by Crippen LogP contribution is -2.41. The Bertz CT molecular complexity index is 1590. The van der Waals surface area contributed by atoms with Crippen LogP contribution in [0.15, 0.2) is 60.8 Å². The van der Waals surface area contributed by atoms with Crippen molar-refractivity contribution in [3.05, 3.63) is 111 Å². The highest BCUT2D eigenvalue weighted by Gasteiger charge is 2.30. The molecule has 0 fully saturated rings. The average molecular weight is 631 g/mol. The van der Waals surface area contributed by atoms with E-state index in [4.69, 9.17) is 32.9 Å². The molecule has 0 atom stereocenters. The van der Waals surface area contributed by atoms with E-state index < -0.39 is 11.2 Å². The van der Waals surface area contributed by atoms with Gasteiger partial charge in [-0.2, -0.15) is 0 Å². The Morgan fingerprint density at radius 2 is 1.70 bits per heavy atom. The lowest BCUT2D eigenvalue weighted by Gasteiger charge is -2.28. The van der Waals surface area contributed by atoms with Crippen LogP contribution in [0.2, 0.25) is 10.0 Å². The minimum absolute atomic E-state index is 0.169. The number of aryl methyl sites for hydroxylation is 1. The summed E-state index contributed by atoms with van der Waals surface area (Å²) in [6, 6.07) is 14.5. The number of hydrogen-bond donors (Lipinski definition) is 1. The molecule has 1 aromatic heterocycles. The number of methoxy groups -OCH3 is 1. The van der Waals surface area contributed by atoms with E-state index in [0.29, 0.717) is 45.3 Å². The average Bonchev–Trinajstić information content (AvgIpc) is 3.37. The summed E-state index contributed by atoms with van der Waals surface area (Å²) in [6.45, 7) is 5.29. The maximum absolute atomic E-state index is 15.3. The molecule has 43 heavy (non-hydrogen) atoms. The molecule has 0 spiro atoms. The number of halogens is 4. The first-order valence-electron chi connectivity index (χ1n) is 13.9. The summed E-state index contributed by atoms with van der Waals surface area (Å²) in [6.07, 6.45) is 2.35. The van der Waals surface area contributed by atoms with Crippen LogP contribution in [0.3, 0.4) is 0 Å². The number of aromatic nitrogens is 2. The Balaban J connectivity index is 1.65. The third-order valence-electron chi connectivity index (χ3n) is 7.50. The Hall–Kier alpha value is -3.46. The molecule has 3 aromatic carbocycles. The monoisotopic (exact) mass is 629 g/mol. The van der Waals surface area contributed by atoms with Crippen LogP contribution in [0, 0.1) is 11.6 Å². The van der Waals surface area contributed by atoms with E-state index in [1.165, 1.54) is 24.3 Å². The molecule has 0 unspecified atom stereocenters. The molecule has 0 aliphatic carbocycles. The van der Waals surface area contributed by atoms with Crippen LogP contribution >= 0.6 is 23.2 Å². The fourth-order valence-corrected chi connectivity index (χ4v) is 5.40. The van der Waals surface area contributed by atoms with Crippen LogP contribution in [0.5, 0.6) is 5.75 Å². The first-order chi connectivity index (χ1) is 20.2.